The highest BCUT2D eigenvalue weighted by Crippen LogP contribution is 2.28. The number of rotatable bonds is 5. The number of hydrogen-bond donors (Lipinski definition) is 2. The molecule has 0 unspecified atom stereocenters. The van der Waals surface area contributed by atoms with E-state index in [0.717, 1.165) is 5.56 Å². The minimum Gasteiger partial charge on any atom is -0.456 e. The van der Waals surface area contributed by atoms with Crippen LogP contribution in [0.4, 0.5) is 11.4 Å². The predicted octanol–water partition coefficient (Wildman–Crippen LogP) is 3.40. The Balaban J connectivity index is 1.80. The summed E-state index contributed by atoms with van der Waals surface area (Å²) in [6.07, 6.45) is 1.25. The number of hydrogen-bond acceptors (Lipinski definition) is 7. The van der Waals surface area contributed by atoms with Gasteiger partial charge in [-0.25, -0.2) is 9.78 Å². The van der Waals surface area contributed by atoms with Crippen molar-refractivity contribution < 1.29 is 14.5 Å². The molecule has 0 saturated carbocycles. The molecule has 3 rings (SSSR count). The van der Waals surface area contributed by atoms with E-state index in [1.165, 1.54) is 18.5 Å². The lowest BCUT2D eigenvalue weighted by molar-refractivity contribution is -0.383. The van der Waals surface area contributed by atoms with E-state index >= 15 is 0 Å². The van der Waals surface area contributed by atoms with Crippen LogP contribution in [0.15, 0.2) is 47.5 Å². The first-order valence-corrected chi connectivity index (χ1v) is 8.86. The average molecular weight is 396 g/mol. The fraction of sp³-hybridized carbons (Fsp3) is 0.250. The van der Waals surface area contributed by atoms with E-state index < -0.39 is 22.1 Å². The van der Waals surface area contributed by atoms with Crippen molar-refractivity contribution >= 4 is 28.2 Å². The minimum absolute atomic E-state index is 0.145. The van der Waals surface area contributed by atoms with Gasteiger partial charge in [0.05, 0.1) is 27.7 Å². The first-order chi connectivity index (χ1) is 13.6. The molecule has 2 aromatic carbocycles. The number of H-pyrrole nitrogens is 1. The van der Waals surface area contributed by atoms with Crippen LogP contribution in [0.1, 0.15) is 36.7 Å². The molecule has 0 fully saturated rings. The lowest BCUT2D eigenvalue weighted by Crippen LogP contribution is -2.23. The molecule has 2 N–H and O–H groups in total. The standard InChI is InChI=1S/C20H20N4O5/c1-20(2,3)29-19(26)13-6-4-12(5-7-13)10-21-16-9-15-14(8-17(16)24(27)28)18(25)23-11-22-15/h4-9,11,21H,10H2,1-3H3,(H,22,23,25). The van der Waals surface area contributed by atoms with E-state index in [0.29, 0.717) is 11.1 Å². The SMILES string of the molecule is CC(C)(C)OC(=O)c1ccc(CNc2cc3nc[nH]c(=O)c3cc2[N+](=O)[O-])cc1. The number of carbonyl (C=O) groups is 1. The Hall–Kier alpha value is -3.75. The quantitative estimate of drug-likeness (QED) is 0.384. The molecule has 9 nitrogen and oxygen atoms in total. The summed E-state index contributed by atoms with van der Waals surface area (Å²) < 4.78 is 5.32. The van der Waals surface area contributed by atoms with Crippen LogP contribution < -0.4 is 10.9 Å². The maximum atomic E-state index is 12.1. The molecule has 0 aliphatic heterocycles. The number of fused-ring (bicyclic) bond motifs is 1. The van der Waals surface area contributed by atoms with Gasteiger partial charge in [-0.3, -0.25) is 14.9 Å². The Morgan fingerprint density at radius 1 is 1.24 bits per heavy atom. The molecule has 0 aliphatic rings. The largest absolute Gasteiger partial charge is 0.456 e. The van der Waals surface area contributed by atoms with E-state index in [2.05, 4.69) is 15.3 Å². The van der Waals surface area contributed by atoms with Crippen molar-refractivity contribution in [2.75, 3.05) is 5.32 Å². The maximum absolute atomic E-state index is 12.1. The fourth-order valence-corrected chi connectivity index (χ4v) is 2.69. The molecule has 29 heavy (non-hydrogen) atoms. The van der Waals surface area contributed by atoms with Crippen molar-refractivity contribution in [1.82, 2.24) is 9.97 Å². The van der Waals surface area contributed by atoms with Crippen molar-refractivity contribution in [2.45, 2.75) is 32.9 Å². The number of carbonyl (C=O) groups excluding carboxylic acids is 1. The molecule has 150 valence electrons. The number of aromatic amines is 1. The molecule has 0 bridgehead atoms. The molecule has 0 radical (unpaired) electrons. The fourth-order valence-electron chi connectivity index (χ4n) is 2.69. The molecule has 3 aromatic rings. The second-order valence-corrected chi connectivity index (χ2v) is 7.43. The van der Waals surface area contributed by atoms with E-state index in [1.54, 1.807) is 45.0 Å². The number of nitro groups is 1. The van der Waals surface area contributed by atoms with Crippen LogP contribution in [0.2, 0.25) is 0 Å². The van der Waals surface area contributed by atoms with Gasteiger partial charge in [0.25, 0.3) is 11.2 Å². The van der Waals surface area contributed by atoms with Gasteiger partial charge in [-0.15, -0.1) is 0 Å². The van der Waals surface area contributed by atoms with E-state index in [4.69, 9.17) is 4.74 Å². The number of aromatic nitrogens is 2. The van der Waals surface area contributed by atoms with Crippen molar-refractivity contribution in [3.05, 3.63) is 74.3 Å². The van der Waals surface area contributed by atoms with Gasteiger partial charge in [-0.05, 0) is 44.5 Å². The first kappa shape index (κ1) is 20.0. The molecule has 0 amide bonds. The second-order valence-electron chi connectivity index (χ2n) is 7.43. The second kappa shape index (κ2) is 7.70. The van der Waals surface area contributed by atoms with E-state index in [-0.39, 0.29) is 23.3 Å². The molecular formula is C20H20N4O5. The molecule has 0 saturated heterocycles. The zero-order valence-corrected chi connectivity index (χ0v) is 16.2. The molecular weight excluding hydrogens is 376 g/mol. The highest BCUT2D eigenvalue weighted by molar-refractivity contribution is 5.89. The van der Waals surface area contributed by atoms with Gasteiger partial charge in [0.1, 0.15) is 11.3 Å². The highest BCUT2D eigenvalue weighted by atomic mass is 16.6. The van der Waals surface area contributed by atoms with Crippen LogP contribution >= 0.6 is 0 Å². The van der Waals surface area contributed by atoms with Gasteiger partial charge in [-0.2, -0.15) is 0 Å². The van der Waals surface area contributed by atoms with E-state index in [9.17, 15) is 19.7 Å². The van der Waals surface area contributed by atoms with Crippen molar-refractivity contribution in [1.29, 1.82) is 0 Å². The maximum Gasteiger partial charge on any atom is 0.338 e. The van der Waals surface area contributed by atoms with Gasteiger partial charge < -0.3 is 15.0 Å². The summed E-state index contributed by atoms with van der Waals surface area (Å²) in [5.41, 5.74) is 0.583. The van der Waals surface area contributed by atoms with Crippen LogP contribution in [0, 0.1) is 10.1 Å². The van der Waals surface area contributed by atoms with Crippen LogP contribution in [0.3, 0.4) is 0 Å². The summed E-state index contributed by atoms with van der Waals surface area (Å²) in [5, 5.41) is 14.5. The molecule has 0 aliphatic carbocycles. The number of benzene rings is 2. The summed E-state index contributed by atoms with van der Waals surface area (Å²) >= 11 is 0. The van der Waals surface area contributed by atoms with Crippen molar-refractivity contribution in [3.63, 3.8) is 0 Å². The van der Waals surface area contributed by atoms with Crippen LogP contribution in [0.5, 0.6) is 0 Å². The number of nitrogens with one attached hydrogen (secondary N) is 2. The van der Waals surface area contributed by atoms with Gasteiger partial charge in [0.15, 0.2) is 0 Å². The number of anilines is 1. The van der Waals surface area contributed by atoms with Crippen LogP contribution in [-0.4, -0.2) is 26.5 Å². The summed E-state index contributed by atoms with van der Waals surface area (Å²) in [5.74, 6) is -0.418. The summed E-state index contributed by atoms with van der Waals surface area (Å²) in [6.45, 7) is 5.66. The Morgan fingerprint density at radius 2 is 1.93 bits per heavy atom. The Kier molecular flexibility index (Phi) is 5.31. The molecule has 0 atom stereocenters. The van der Waals surface area contributed by atoms with E-state index in [1.807, 2.05) is 0 Å². The molecule has 0 spiro atoms. The summed E-state index contributed by atoms with van der Waals surface area (Å²) in [4.78, 5) is 41.2. The normalized spacial score (nSPS) is 11.3. The molecule has 9 heteroatoms. The number of ether oxygens (including phenoxy) is 1. The highest BCUT2D eigenvalue weighted by Gasteiger charge is 2.19. The van der Waals surface area contributed by atoms with Crippen LogP contribution in [0.25, 0.3) is 10.9 Å². The smallest absolute Gasteiger partial charge is 0.338 e. The molecule has 1 aromatic heterocycles. The summed E-state index contributed by atoms with van der Waals surface area (Å²) in [6, 6.07) is 9.43. The lowest BCUT2D eigenvalue weighted by Gasteiger charge is -2.19. The van der Waals surface area contributed by atoms with Gasteiger partial charge in [0.2, 0.25) is 0 Å². The number of esters is 1. The third kappa shape index (κ3) is 4.75. The number of nitro benzene ring substituents is 1. The minimum atomic E-state index is -0.581. The molecule has 1 heterocycles. The third-order valence-electron chi connectivity index (χ3n) is 4.03. The Labute approximate surface area is 165 Å². The average Bonchev–Trinajstić information content (AvgIpc) is 2.65. The zero-order valence-electron chi connectivity index (χ0n) is 16.2. The number of nitrogens with zero attached hydrogens (tertiary/aromatic N) is 2. The van der Waals surface area contributed by atoms with Gasteiger partial charge in [-0.1, -0.05) is 12.1 Å². The van der Waals surface area contributed by atoms with Crippen molar-refractivity contribution in [2.24, 2.45) is 0 Å². The van der Waals surface area contributed by atoms with Gasteiger partial charge in [0, 0.05) is 12.6 Å². The Morgan fingerprint density at radius 3 is 2.55 bits per heavy atom. The summed E-state index contributed by atoms with van der Waals surface area (Å²) in [7, 11) is 0. The predicted molar refractivity (Wildman–Crippen MR) is 108 cm³/mol. The topological polar surface area (TPSA) is 127 Å². The monoisotopic (exact) mass is 396 g/mol. The first-order valence-electron chi connectivity index (χ1n) is 8.86. The van der Waals surface area contributed by atoms with Crippen LogP contribution in [-0.2, 0) is 11.3 Å². The third-order valence-corrected chi connectivity index (χ3v) is 4.03. The van der Waals surface area contributed by atoms with Crippen molar-refractivity contribution in [3.8, 4) is 0 Å². The lowest BCUT2D eigenvalue weighted by atomic mass is 10.1. The Bertz CT molecular complexity index is 1130. The van der Waals surface area contributed by atoms with Gasteiger partial charge >= 0.3 is 5.97 Å². The zero-order chi connectivity index (χ0) is 21.2.